The molecule has 0 saturated carbocycles. The molecule has 24 heavy (non-hydrogen) atoms. The molecule has 0 aromatic heterocycles. The lowest BCUT2D eigenvalue weighted by Gasteiger charge is -2.44. The van der Waals surface area contributed by atoms with Crippen LogP contribution in [0.3, 0.4) is 0 Å². The summed E-state index contributed by atoms with van der Waals surface area (Å²) in [6.07, 6.45) is 0.751. The molecule has 0 amide bonds. The summed E-state index contributed by atoms with van der Waals surface area (Å²) in [5.74, 6) is -0.527. The third kappa shape index (κ3) is 3.79. The van der Waals surface area contributed by atoms with E-state index in [1.807, 2.05) is 30.3 Å². The average molecular weight is 326 g/mol. The van der Waals surface area contributed by atoms with Crippen LogP contribution in [0.1, 0.15) is 12.8 Å². The molecule has 1 aliphatic heterocycles. The molecule has 1 atom stereocenters. The van der Waals surface area contributed by atoms with Gasteiger partial charge in [0.15, 0.2) is 0 Å². The van der Waals surface area contributed by atoms with E-state index in [1.165, 1.54) is 5.69 Å². The Labute approximate surface area is 141 Å². The minimum Gasteiger partial charge on any atom is -0.508 e. The standard InChI is InChI=1S/C19H22N2O3/c22-18-9-6-16(7-10-18)21-13-12-20(15-4-2-1-3-5-15)14-17(21)8-11-19(23)24/h1-7,9-10,17,22H,8,11-14H2,(H,23,24)/t17-/m0/s1. The number of rotatable bonds is 5. The second-order valence-electron chi connectivity index (χ2n) is 6.08. The van der Waals surface area contributed by atoms with Crippen molar-refractivity contribution in [2.24, 2.45) is 0 Å². The van der Waals surface area contributed by atoms with Gasteiger partial charge in [0.2, 0.25) is 0 Å². The van der Waals surface area contributed by atoms with Crippen LogP contribution in [0.4, 0.5) is 11.4 Å². The number of aliphatic carboxylic acids is 1. The number of phenols is 1. The van der Waals surface area contributed by atoms with Gasteiger partial charge < -0.3 is 20.0 Å². The first kappa shape index (κ1) is 16.2. The van der Waals surface area contributed by atoms with Gasteiger partial charge in [0.05, 0.1) is 0 Å². The maximum absolute atomic E-state index is 11.0. The summed E-state index contributed by atoms with van der Waals surface area (Å²) in [6.45, 7) is 2.50. The van der Waals surface area contributed by atoms with Gasteiger partial charge in [0.25, 0.3) is 0 Å². The fourth-order valence-electron chi connectivity index (χ4n) is 3.25. The van der Waals surface area contributed by atoms with Gasteiger partial charge in [-0.15, -0.1) is 0 Å². The highest BCUT2D eigenvalue weighted by atomic mass is 16.4. The number of anilines is 2. The number of para-hydroxylation sites is 1. The van der Waals surface area contributed by atoms with Gasteiger partial charge in [-0.2, -0.15) is 0 Å². The Morgan fingerprint density at radius 2 is 1.71 bits per heavy atom. The summed E-state index contributed by atoms with van der Waals surface area (Å²) in [5.41, 5.74) is 2.19. The molecule has 1 fully saturated rings. The molecule has 0 unspecified atom stereocenters. The van der Waals surface area contributed by atoms with Crippen LogP contribution in [0.5, 0.6) is 5.75 Å². The number of carboxylic acids is 1. The molecule has 0 bridgehead atoms. The van der Waals surface area contributed by atoms with Crippen LogP contribution in [0, 0.1) is 0 Å². The molecule has 0 radical (unpaired) electrons. The van der Waals surface area contributed by atoms with E-state index >= 15 is 0 Å². The molecule has 0 aliphatic carbocycles. The normalized spacial score (nSPS) is 17.8. The van der Waals surface area contributed by atoms with Crippen molar-refractivity contribution in [3.05, 3.63) is 54.6 Å². The quantitative estimate of drug-likeness (QED) is 0.884. The van der Waals surface area contributed by atoms with Crippen LogP contribution in [0.2, 0.25) is 0 Å². The van der Waals surface area contributed by atoms with Gasteiger partial charge >= 0.3 is 5.97 Å². The molecule has 1 heterocycles. The Hall–Kier alpha value is -2.69. The molecule has 0 spiro atoms. The summed E-state index contributed by atoms with van der Waals surface area (Å²) in [6, 6.07) is 17.5. The molecule has 1 aliphatic rings. The van der Waals surface area contributed by atoms with Crippen LogP contribution < -0.4 is 9.80 Å². The van der Waals surface area contributed by atoms with E-state index in [1.54, 1.807) is 12.1 Å². The average Bonchev–Trinajstić information content (AvgIpc) is 2.61. The number of hydrogen-bond donors (Lipinski definition) is 2. The number of carbonyl (C=O) groups is 1. The zero-order chi connectivity index (χ0) is 16.9. The molecule has 5 heteroatoms. The topological polar surface area (TPSA) is 64.0 Å². The third-order valence-corrected chi connectivity index (χ3v) is 4.48. The fourth-order valence-corrected chi connectivity index (χ4v) is 3.25. The summed E-state index contributed by atoms with van der Waals surface area (Å²) in [4.78, 5) is 15.6. The highest BCUT2D eigenvalue weighted by Crippen LogP contribution is 2.27. The van der Waals surface area contributed by atoms with Gasteiger partial charge in [0.1, 0.15) is 5.75 Å². The van der Waals surface area contributed by atoms with E-state index in [-0.39, 0.29) is 18.2 Å². The van der Waals surface area contributed by atoms with Crippen LogP contribution in [0.15, 0.2) is 54.6 Å². The fraction of sp³-hybridized carbons (Fsp3) is 0.316. The number of carboxylic acid groups (broad SMARTS) is 1. The zero-order valence-corrected chi connectivity index (χ0v) is 13.5. The van der Waals surface area contributed by atoms with Crippen LogP contribution in [-0.2, 0) is 4.79 Å². The first-order chi connectivity index (χ1) is 11.6. The number of aromatic hydroxyl groups is 1. The van der Waals surface area contributed by atoms with Gasteiger partial charge in [-0.3, -0.25) is 4.79 Å². The van der Waals surface area contributed by atoms with E-state index in [0.717, 1.165) is 25.3 Å². The maximum atomic E-state index is 11.0. The number of hydrogen-bond acceptors (Lipinski definition) is 4. The first-order valence-electron chi connectivity index (χ1n) is 8.21. The van der Waals surface area contributed by atoms with E-state index < -0.39 is 5.97 Å². The van der Waals surface area contributed by atoms with Crippen LogP contribution >= 0.6 is 0 Å². The second-order valence-corrected chi connectivity index (χ2v) is 6.08. The highest BCUT2D eigenvalue weighted by molar-refractivity contribution is 5.67. The first-order valence-corrected chi connectivity index (χ1v) is 8.21. The Morgan fingerprint density at radius 1 is 1.00 bits per heavy atom. The molecular weight excluding hydrogens is 304 g/mol. The largest absolute Gasteiger partial charge is 0.508 e. The van der Waals surface area contributed by atoms with Crippen molar-refractivity contribution in [2.75, 3.05) is 29.4 Å². The van der Waals surface area contributed by atoms with Gasteiger partial charge in [-0.1, -0.05) is 18.2 Å². The summed E-state index contributed by atoms with van der Waals surface area (Å²) >= 11 is 0. The van der Waals surface area contributed by atoms with Crippen molar-refractivity contribution in [3.63, 3.8) is 0 Å². The van der Waals surface area contributed by atoms with Gasteiger partial charge in [0, 0.05) is 43.5 Å². The van der Waals surface area contributed by atoms with Crippen molar-refractivity contribution < 1.29 is 15.0 Å². The SMILES string of the molecule is O=C(O)CC[C@H]1CN(c2ccccc2)CCN1c1ccc(O)cc1. The van der Waals surface area contributed by atoms with Crippen molar-refractivity contribution in [3.8, 4) is 5.75 Å². The van der Waals surface area contributed by atoms with Crippen LogP contribution in [-0.4, -0.2) is 41.9 Å². The molecule has 5 nitrogen and oxygen atoms in total. The Kier molecular flexibility index (Phi) is 4.89. The molecule has 2 N–H and O–H groups in total. The lowest BCUT2D eigenvalue weighted by Crippen LogP contribution is -2.53. The Bertz CT molecular complexity index is 673. The minimum absolute atomic E-state index is 0.125. The van der Waals surface area contributed by atoms with Crippen molar-refractivity contribution in [2.45, 2.75) is 18.9 Å². The maximum Gasteiger partial charge on any atom is 0.303 e. The van der Waals surface area contributed by atoms with E-state index in [4.69, 9.17) is 5.11 Å². The van der Waals surface area contributed by atoms with Crippen molar-refractivity contribution >= 4 is 17.3 Å². The molecule has 1 saturated heterocycles. The summed E-state index contributed by atoms with van der Waals surface area (Å²) in [5, 5.41) is 18.5. The number of nitrogens with zero attached hydrogens (tertiary/aromatic N) is 2. The third-order valence-electron chi connectivity index (χ3n) is 4.48. The lowest BCUT2D eigenvalue weighted by atomic mass is 10.0. The van der Waals surface area contributed by atoms with E-state index in [9.17, 15) is 9.90 Å². The lowest BCUT2D eigenvalue weighted by molar-refractivity contribution is -0.137. The number of phenolic OH excluding ortho intramolecular Hbond substituents is 1. The summed E-state index contributed by atoms with van der Waals surface area (Å²) < 4.78 is 0. The molecule has 126 valence electrons. The van der Waals surface area contributed by atoms with Crippen molar-refractivity contribution in [1.82, 2.24) is 0 Å². The van der Waals surface area contributed by atoms with Gasteiger partial charge in [-0.05, 0) is 42.8 Å². The van der Waals surface area contributed by atoms with Crippen LogP contribution in [0.25, 0.3) is 0 Å². The predicted molar refractivity (Wildman–Crippen MR) is 94.8 cm³/mol. The Morgan fingerprint density at radius 3 is 2.38 bits per heavy atom. The Balaban J connectivity index is 1.78. The number of piperazine rings is 1. The number of benzene rings is 2. The zero-order valence-electron chi connectivity index (χ0n) is 13.5. The second kappa shape index (κ2) is 7.25. The molecule has 2 aromatic carbocycles. The summed E-state index contributed by atoms with van der Waals surface area (Å²) in [7, 11) is 0. The van der Waals surface area contributed by atoms with Gasteiger partial charge in [-0.25, -0.2) is 0 Å². The predicted octanol–water partition coefficient (Wildman–Crippen LogP) is 2.95. The van der Waals surface area contributed by atoms with E-state index in [0.29, 0.717) is 6.42 Å². The molecule has 3 rings (SSSR count). The highest BCUT2D eigenvalue weighted by Gasteiger charge is 2.27. The van der Waals surface area contributed by atoms with Crippen molar-refractivity contribution in [1.29, 1.82) is 0 Å². The molecule has 2 aromatic rings. The van der Waals surface area contributed by atoms with E-state index in [2.05, 4.69) is 21.9 Å². The monoisotopic (exact) mass is 326 g/mol. The smallest absolute Gasteiger partial charge is 0.303 e. The molecular formula is C19H22N2O3. The minimum atomic E-state index is -0.766.